The van der Waals surface area contributed by atoms with E-state index < -0.39 is 0 Å². The minimum atomic E-state index is 0.383. The van der Waals surface area contributed by atoms with Gasteiger partial charge in [-0.2, -0.15) is 0 Å². The van der Waals surface area contributed by atoms with Gasteiger partial charge in [-0.3, -0.25) is 10.7 Å². The van der Waals surface area contributed by atoms with Gasteiger partial charge < -0.3 is 0 Å². The van der Waals surface area contributed by atoms with E-state index in [2.05, 4.69) is 16.3 Å². The monoisotopic (exact) mass is 313 g/mol. The summed E-state index contributed by atoms with van der Waals surface area (Å²) in [5, 5.41) is 19.5. The molecule has 112 valence electrons. The molecule has 0 saturated heterocycles. The molecule has 22 heavy (non-hydrogen) atoms. The van der Waals surface area contributed by atoms with Crippen molar-refractivity contribution in [2.45, 2.75) is 19.3 Å². The second-order valence-electron chi connectivity index (χ2n) is 5.27. The third-order valence-corrected chi connectivity index (χ3v) is 4.24. The van der Waals surface area contributed by atoms with E-state index >= 15 is 0 Å². The maximum atomic E-state index is 8.53. The lowest BCUT2D eigenvalue weighted by atomic mass is 10.0. The van der Waals surface area contributed by atoms with Crippen LogP contribution in [0.5, 0.6) is 0 Å². The number of hydrogen-bond acceptors (Lipinski definition) is 3. The van der Waals surface area contributed by atoms with E-state index in [-0.39, 0.29) is 0 Å². The van der Waals surface area contributed by atoms with Crippen molar-refractivity contribution in [3.8, 4) is 0 Å². The van der Waals surface area contributed by atoms with Gasteiger partial charge in [-0.05, 0) is 24.8 Å². The van der Waals surface area contributed by atoms with Crippen LogP contribution in [0.4, 0.5) is 5.82 Å². The molecule has 0 spiro atoms. The molecule has 2 aromatic rings. The number of benzene rings is 1. The van der Waals surface area contributed by atoms with Crippen molar-refractivity contribution in [2.75, 3.05) is 7.05 Å². The first-order chi connectivity index (χ1) is 10.7. The highest BCUT2D eigenvalue weighted by molar-refractivity contribution is 6.37. The van der Waals surface area contributed by atoms with E-state index in [0.717, 1.165) is 36.1 Å². The Morgan fingerprint density at radius 3 is 2.64 bits per heavy atom. The van der Waals surface area contributed by atoms with E-state index in [1.54, 1.807) is 0 Å². The summed E-state index contributed by atoms with van der Waals surface area (Å²) in [6.07, 6.45) is 5.32. The largest absolute Gasteiger partial charge is 0.299 e. The summed E-state index contributed by atoms with van der Waals surface area (Å²) in [6, 6.07) is 9.59. The molecule has 0 atom stereocenters. The number of quaternary nitrogens is 1. The van der Waals surface area contributed by atoms with Crippen LogP contribution in [0, 0.1) is 5.41 Å². The van der Waals surface area contributed by atoms with Gasteiger partial charge >= 0.3 is 0 Å². The zero-order valence-corrected chi connectivity index (χ0v) is 13.2. The molecular formula is C17H18ClN4+. The van der Waals surface area contributed by atoms with Crippen molar-refractivity contribution in [2.24, 2.45) is 0 Å². The molecular weight excluding hydrogens is 296 g/mol. The highest BCUT2D eigenvalue weighted by Gasteiger charge is 2.24. The van der Waals surface area contributed by atoms with Crippen molar-refractivity contribution >= 4 is 28.7 Å². The maximum Gasteiger partial charge on any atom is 0.254 e. The minimum Gasteiger partial charge on any atom is -0.299 e. The second-order valence-corrected chi connectivity index (χ2v) is 5.65. The van der Waals surface area contributed by atoms with Crippen molar-refractivity contribution < 1.29 is 5.32 Å². The van der Waals surface area contributed by atoms with Gasteiger partial charge in [-0.15, -0.1) is 5.10 Å². The van der Waals surface area contributed by atoms with Gasteiger partial charge in [-0.25, -0.2) is 0 Å². The van der Waals surface area contributed by atoms with Gasteiger partial charge in [0.05, 0.1) is 17.8 Å². The lowest BCUT2D eigenvalue weighted by Gasteiger charge is -2.12. The Balaban J connectivity index is 2.12. The third-order valence-electron chi connectivity index (χ3n) is 3.87. The zero-order chi connectivity index (χ0) is 15.5. The molecule has 1 aliphatic carbocycles. The number of nitrogens with zero attached hydrogens (tertiary/aromatic N) is 2. The number of nitrogens with one attached hydrogen (secondary N) is 1. The van der Waals surface area contributed by atoms with Crippen LogP contribution in [-0.2, 0) is 0 Å². The number of aromatic nitrogens is 2. The van der Waals surface area contributed by atoms with Gasteiger partial charge in [0.15, 0.2) is 0 Å². The van der Waals surface area contributed by atoms with Crippen LogP contribution in [0.15, 0.2) is 36.4 Å². The van der Waals surface area contributed by atoms with Crippen LogP contribution >= 0.6 is 11.6 Å². The van der Waals surface area contributed by atoms with E-state index in [1.807, 2.05) is 42.7 Å². The smallest absolute Gasteiger partial charge is 0.254 e. The van der Waals surface area contributed by atoms with Crippen LogP contribution in [0.2, 0.25) is 5.02 Å². The number of nitrogens with two attached hydrogens (primary N) is 1. The van der Waals surface area contributed by atoms with Crippen molar-refractivity contribution in [3.63, 3.8) is 0 Å². The van der Waals surface area contributed by atoms with Crippen molar-refractivity contribution in [3.05, 3.63) is 58.3 Å². The number of halogens is 1. The Morgan fingerprint density at radius 2 is 2.00 bits per heavy atom. The van der Waals surface area contributed by atoms with Crippen LogP contribution in [-0.4, -0.2) is 23.0 Å². The molecule has 4 nitrogen and oxygen atoms in total. The normalized spacial score (nSPS) is 14.0. The molecule has 0 amide bonds. The summed E-state index contributed by atoms with van der Waals surface area (Å²) in [5.41, 5.74) is 3.73. The van der Waals surface area contributed by atoms with Gasteiger partial charge in [0, 0.05) is 5.56 Å². The fraction of sp³-hybridized carbons (Fsp3) is 0.235. The van der Waals surface area contributed by atoms with E-state index in [1.165, 1.54) is 0 Å². The number of allylic oxidation sites excluding steroid dienone is 2. The Bertz CT molecular complexity index is 738. The molecule has 1 heterocycles. The Hall–Kier alpha value is -2.04. The van der Waals surface area contributed by atoms with E-state index in [0.29, 0.717) is 22.1 Å². The summed E-state index contributed by atoms with van der Waals surface area (Å²) in [5.74, 6) is 0.654. The molecule has 0 unspecified atom stereocenters. The molecule has 1 aromatic carbocycles. The Kier molecular flexibility index (Phi) is 4.32. The summed E-state index contributed by atoms with van der Waals surface area (Å²) in [6.45, 7) is 0. The standard InChI is InChI=1S/C17H17ClN4/c1-20-17-13(15(19)11-7-3-2-4-8-11)14(18)16(21-22-17)12-9-5-6-10-12/h2-4,7-9,19H,5-6,10H2,1H3,(H,20,22)/p+1. The molecule has 1 aromatic heterocycles. The summed E-state index contributed by atoms with van der Waals surface area (Å²) >= 11 is 6.61. The number of hydrogen-bond donors (Lipinski definition) is 2. The number of rotatable bonds is 4. The molecule has 3 rings (SSSR count). The lowest BCUT2D eigenvalue weighted by molar-refractivity contribution is -0.543. The second kappa shape index (κ2) is 6.38. The molecule has 0 radical (unpaired) electrons. The maximum absolute atomic E-state index is 8.53. The highest BCUT2D eigenvalue weighted by atomic mass is 35.5. The first kappa shape index (κ1) is 14.9. The Labute approximate surface area is 134 Å². The lowest BCUT2D eigenvalue weighted by Crippen LogP contribution is -2.74. The summed E-state index contributed by atoms with van der Waals surface area (Å²) in [4.78, 5) is 0. The van der Waals surface area contributed by atoms with Crippen LogP contribution in [0.3, 0.4) is 0 Å². The van der Waals surface area contributed by atoms with Crippen molar-refractivity contribution in [1.82, 2.24) is 10.2 Å². The quantitative estimate of drug-likeness (QED) is 0.852. The Morgan fingerprint density at radius 1 is 1.23 bits per heavy atom. The van der Waals surface area contributed by atoms with E-state index in [4.69, 9.17) is 17.0 Å². The molecule has 0 bridgehead atoms. The predicted octanol–water partition coefficient (Wildman–Crippen LogP) is 2.94. The topological polar surface area (TPSA) is 66.2 Å². The minimum absolute atomic E-state index is 0.383. The fourth-order valence-corrected chi connectivity index (χ4v) is 3.06. The molecule has 3 N–H and O–H groups in total. The van der Waals surface area contributed by atoms with Gasteiger partial charge in [-0.1, -0.05) is 53.1 Å². The zero-order valence-electron chi connectivity index (χ0n) is 12.4. The molecule has 0 saturated carbocycles. The van der Waals surface area contributed by atoms with Crippen LogP contribution < -0.4 is 5.32 Å². The van der Waals surface area contributed by atoms with Crippen molar-refractivity contribution in [1.29, 1.82) is 5.41 Å². The molecule has 5 heteroatoms. The summed E-state index contributed by atoms with van der Waals surface area (Å²) < 4.78 is 0. The van der Waals surface area contributed by atoms with Gasteiger partial charge in [0.25, 0.3) is 5.82 Å². The fourth-order valence-electron chi connectivity index (χ4n) is 2.71. The van der Waals surface area contributed by atoms with Gasteiger partial charge in [0.2, 0.25) is 0 Å². The molecule has 0 fully saturated rings. The SMILES string of the molecule is C[NH2+]c1nnc(C2=CCCC2)c(Cl)c1C(=N)c1ccccc1. The first-order valence-corrected chi connectivity index (χ1v) is 7.79. The average molecular weight is 314 g/mol. The van der Waals surface area contributed by atoms with Crippen LogP contribution in [0.25, 0.3) is 5.57 Å². The van der Waals surface area contributed by atoms with Gasteiger partial charge in [0.1, 0.15) is 11.3 Å². The highest BCUT2D eigenvalue weighted by Crippen LogP contribution is 2.34. The summed E-state index contributed by atoms with van der Waals surface area (Å²) in [7, 11) is 1.89. The average Bonchev–Trinajstić information content (AvgIpc) is 3.09. The molecule has 1 aliphatic rings. The molecule has 0 aliphatic heterocycles. The van der Waals surface area contributed by atoms with E-state index in [9.17, 15) is 0 Å². The first-order valence-electron chi connectivity index (χ1n) is 7.41. The van der Waals surface area contributed by atoms with Crippen LogP contribution in [0.1, 0.15) is 36.1 Å². The predicted molar refractivity (Wildman–Crippen MR) is 88.8 cm³/mol. The third kappa shape index (κ3) is 2.67.